The van der Waals surface area contributed by atoms with Gasteiger partial charge in [-0.15, -0.1) is 0 Å². The minimum Gasteiger partial charge on any atom is -0.494 e. The highest BCUT2D eigenvalue weighted by atomic mass is 16.6. The van der Waals surface area contributed by atoms with Crippen LogP contribution in [0, 0.1) is 10.1 Å². The smallest absolute Gasteiger partial charge is 0.287 e. The third-order valence-electron chi connectivity index (χ3n) is 2.64. The Kier molecular flexibility index (Phi) is 4.49. The van der Waals surface area contributed by atoms with Crippen molar-refractivity contribution in [1.29, 1.82) is 0 Å². The summed E-state index contributed by atoms with van der Waals surface area (Å²) in [5.74, 6) is 1.42. The predicted octanol–water partition coefficient (Wildman–Crippen LogP) is 3.00. The van der Waals surface area contributed by atoms with Crippen LogP contribution in [-0.4, -0.2) is 16.5 Å². The zero-order chi connectivity index (χ0) is 14.4. The molecule has 1 aromatic heterocycles. The van der Waals surface area contributed by atoms with E-state index < -0.39 is 4.92 Å². The average Bonchev–Trinajstić information content (AvgIpc) is 2.46. The van der Waals surface area contributed by atoms with E-state index >= 15 is 0 Å². The summed E-state index contributed by atoms with van der Waals surface area (Å²) >= 11 is 0. The molecular weight excluding hydrogens is 258 g/mol. The van der Waals surface area contributed by atoms with E-state index in [9.17, 15) is 10.1 Å². The summed E-state index contributed by atoms with van der Waals surface area (Å²) in [6.07, 6.45) is 1.24. The fraction of sp³-hybridized carbons (Fsp3) is 0.214. The third kappa shape index (κ3) is 3.68. The first kappa shape index (κ1) is 13.8. The predicted molar refractivity (Wildman–Crippen MR) is 75.8 cm³/mol. The Labute approximate surface area is 116 Å². The van der Waals surface area contributed by atoms with Crippen LogP contribution in [0.4, 0.5) is 11.5 Å². The third-order valence-corrected chi connectivity index (χ3v) is 2.64. The molecule has 0 saturated carbocycles. The molecule has 0 spiro atoms. The first-order valence-corrected chi connectivity index (χ1v) is 6.25. The van der Waals surface area contributed by atoms with Crippen LogP contribution in [0.15, 0.2) is 42.6 Å². The maximum Gasteiger partial charge on any atom is 0.287 e. The van der Waals surface area contributed by atoms with Crippen molar-refractivity contribution < 1.29 is 9.66 Å². The van der Waals surface area contributed by atoms with Crippen molar-refractivity contribution in [1.82, 2.24) is 4.98 Å². The van der Waals surface area contributed by atoms with Crippen molar-refractivity contribution in [2.45, 2.75) is 13.5 Å². The monoisotopic (exact) mass is 273 g/mol. The largest absolute Gasteiger partial charge is 0.494 e. The number of nitro groups is 1. The van der Waals surface area contributed by atoms with Gasteiger partial charge in [0, 0.05) is 12.6 Å². The molecule has 1 aromatic carbocycles. The number of nitrogens with zero attached hydrogens (tertiary/aromatic N) is 2. The molecule has 2 rings (SSSR count). The minimum absolute atomic E-state index is 0.0195. The lowest BCUT2D eigenvalue weighted by molar-refractivity contribution is -0.385. The molecule has 104 valence electrons. The molecule has 0 fully saturated rings. The van der Waals surface area contributed by atoms with Gasteiger partial charge in [-0.05, 0) is 30.7 Å². The molecule has 20 heavy (non-hydrogen) atoms. The molecule has 2 aromatic rings. The molecule has 0 atom stereocenters. The van der Waals surface area contributed by atoms with Gasteiger partial charge in [-0.2, -0.15) is 0 Å². The van der Waals surface area contributed by atoms with Gasteiger partial charge in [0.15, 0.2) is 0 Å². The number of anilines is 1. The van der Waals surface area contributed by atoms with Crippen LogP contribution in [0.1, 0.15) is 12.5 Å². The highest BCUT2D eigenvalue weighted by Crippen LogP contribution is 2.16. The second kappa shape index (κ2) is 6.51. The second-order valence-corrected chi connectivity index (χ2v) is 4.09. The number of rotatable bonds is 6. The SMILES string of the molecule is CCOc1cccc(CNc2ccc([N+](=O)[O-])cn2)c1. The Bertz CT molecular complexity index is 584. The zero-order valence-electron chi connectivity index (χ0n) is 11.1. The van der Waals surface area contributed by atoms with E-state index in [4.69, 9.17) is 4.74 Å². The second-order valence-electron chi connectivity index (χ2n) is 4.09. The molecule has 0 bridgehead atoms. The molecule has 0 saturated heterocycles. The molecular formula is C14H15N3O3. The maximum atomic E-state index is 10.5. The minimum atomic E-state index is -0.470. The molecule has 0 radical (unpaired) electrons. The summed E-state index contributed by atoms with van der Waals surface area (Å²) in [6, 6.07) is 10.8. The Morgan fingerprint density at radius 1 is 1.35 bits per heavy atom. The van der Waals surface area contributed by atoms with Gasteiger partial charge in [-0.25, -0.2) is 4.98 Å². The zero-order valence-corrected chi connectivity index (χ0v) is 11.1. The fourth-order valence-electron chi connectivity index (χ4n) is 1.70. The van der Waals surface area contributed by atoms with Crippen LogP contribution in [-0.2, 0) is 6.54 Å². The van der Waals surface area contributed by atoms with Gasteiger partial charge in [-0.1, -0.05) is 12.1 Å². The highest BCUT2D eigenvalue weighted by Gasteiger charge is 2.05. The average molecular weight is 273 g/mol. The molecule has 0 aliphatic rings. The van der Waals surface area contributed by atoms with Crippen LogP contribution in [0.3, 0.4) is 0 Å². The summed E-state index contributed by atoms with van der Waals surface area (Å²) < 4.78 is 5.42. The van der Waals surface area contributed by atoms with Crippen molar-refractivity contribution in [3.8, 4) is 5.75 Å². The van der Waals surface area contributed by atoms with Gasteiger partial charge in [0.25, 0.3) is 5.69 Å². The Balaban J connectivity index is 1.97. The van der Waals surface area contributed by atoms with Crippen molar-refractivity contribution in [2.75, 3.05) is 11.9 Å². The van der Waals surface area contributed by atoms with Gasteiger partial charge >= 0.3 is 0 Å². The van der Waals surface area contributed by atoms with E-state index in [2.05, 4.69) is 10.3 Å². The van der Waals surface area contributed by atoms with Crippen molar-refractivity contribution >= 4 is 11.5 Å². The molecule has 6 nitrogen and oxygen atoms in total. The quantitative estimate of drug-likeness (QED) is 0.646. The van der Waals surface area contributed by atoms with Crippen molar-refractivity contribution in [2.24, 2.45) is 0 Å². The van der Waals surface area contributed by atoms with E-state index in [1.54, 1.807) is 6.07 Å². The summed E-state index contributed by atoms with van der Waals surface area (Å²) in [6.45, 7) is 3.14. The van der Waals surface area contributed by atoms with Crippen molar-refractivity contribution in [3.63, 3.8) is 0 Å². The Morgan fingerprint density at radius 3 is 2.85 bits per heavy atom. The van der Waals surface area contributed by atoms with Crippen LogP contribution < -0.4 is 10.1 Å². The van der Waals surface area contributed by atoms with Gasteiger partial charge < -0.3 is 10.1 Å². The fourth-order valence-corrected chi connectivity index (χ4v) is 1.70. The van der Waals surface area contributed by atoms with Gasteiger partial charge in [-0.3, -0.25) is 10.1 Å². The van der Waals surface area contributed by atoms with Crippen LogP contribution in [0.25, 0.3) is 0 Å². The van der Waals surface area contributed by atoms with Crippen molar-refractivity contribution in [3.05, 3.63) is 58.3 Å². The molecule has 6 heteroatoms. The lowest BCUT2D eigenvalue weighted by atomic mass is 10.2. The summed E-state index contributed by atoms with van der Waals surface area (Å²) in [5.41, 5.74) is 1.03. The van der Waals surface area contributed by atoms with Crippen LogP contribution >= 0.6 is 0 Å². The molecule has 0 aliphatic carbocycles. The number of ether oxygens (including phenoxy) is 1. The Morgan fingerprint density at radius 2 is 2.20 bits per heavy atom. The number of aromatic nitrogens is 1. The lowest BCUT2D eigenvalue weighted by Crippen LogP contribution is -2.02. The standard InChI is InChI=1S/C14H15N3O3/c1-2-20-13-5-3-4-11(8-13)9-15-14-7-6-12(10-16-14)17(18)19/h3-8,10H,2,9H2,1H3,(H,15,16). The Hall–Kier alpha value is -2.63. The first-order valence-electron chi connectivity index (χ1n) is 6.25. The van der Waals surface area contributed by atoms with Crippen LogP contribution in [0.5, 0.6) is 5.75 Å². The number of hydrogen-bond acceptors (Lipinski definition) is 5. The van der Waals surface area contributed by atoms with Gasteiger partial charge in [0.1, 0.15) is 17.8 Å². The van der Waals surface area contributed by atoms with E-state index in [0.29, 0.717) is 19.0 Å². The molecule has 0 amide bonds. The van der Waals surface area contributed by atoms with E-state index in [1.807, 2.05) is 31.2 Å². The topological polar surface area (TPSA) is 77.3 Å². The van der Waals surface area contributed by atoms with E-state index in [-0.39, 0.29) is 5.69 Å². The maximum absolute atomic E-state index is 10.5. The lowest BCUT2D eigenvalue weighted by Gasteiger charge is -2.08. The van der Waals surface area contributed by atoms with Crippen LogP contribution in [0.2, 0.25) is 0 Å². The number of nitrogens with one attached hydrogen (secondary N) is 1. The summed E-state index contributed by atoms with van der Waals surface area (Å²) in [7, 11) is 0. The van der Waals surface area contributed by atoms with Gasteiger partial charge in [0.05, 0.1) is 11.5 Å². The highest BCUT2D eigenvalue weighted by molar-refractivity contribution is 5.41. The number of benzene rings is 1. The summed E-state index contributed by atoms with van der Waals surface area (Å²) in [4.78, 5) is 14.0. The first-order chi connectivity index (χ1) is 9.69. The number of hydrogen-bond donors (Lipinski definition) is 1. The molecule has 1 heterocycles. The van der Waals surface area contributed by atoms with E-state index in [1.165, 1.54) is 12.3 Å². The normalized spacial score (nSPS) is 10.1. The van der Waals surface area contributed by atoms with E-state index in [0.717, 1.165) is 11.3 Å². The number of pyridine rings is 1. The van der Waals surface area contributed by atoms with Gasteiger partial charge in [0.2, 0.25) is 0 Å². The molecule has 1 N–H and O–H groups in total. The summed E-state index contributed by atoms with van der Waals surface area (Å²) in [5, 5.41) is 13.6. The molecule has 0 aliphatic heterocycles. The molecule has 0 unspecified atom stereocenters.